The molecule has 0 bridgehead atoms. The first-order valence-corrected chi connectivity index (χ1v) is 9.57. The molecule has 0 radical (unpaired) electrons. The first-order chi connectivity index (χ1) is 13.2. The molecule has 2 aromatic heterocycles. The lowest BCUT2D eigenvalue weighted by molar-refractivity contribution is 0.122. The van der Waals surface area contributed by atoms with E-state index in [9.17, 15) is 0 Å². The smallest absolute Gasteiger partial charge is 0.226 e. The van der Waals surface area contributed by atoms with Gasteiger partial charge in [-0.15, -0.1) is 0 Å². The van der Waals surface area contributed by atoms with Gasteiger partial charge in [0.2, 0.25) is 5.95 Å². The zero-order valence-electron chi connectivity index (χ0n) is 15.9. The van der Waals surface area contributed by atoms with Gasteiger partial charge >= 0.3 is 0 Å². The van der Waals surface area contributed by atoms with Crippen molar-refractivity contribution in [2.24, 2.45) is 0 Å². The van der Waals surface area contributed by atoms with Crippen LogP contribution in [0, 0.1) is 0 Å². The number of nitrogens with zero attached hydrogens (tertiary/aromatic N) is 5. The molecule has 1 N–H and O–H groups in total. The summed E-state index contributed by atoms with van der Waals surface area (Å²) >= 11 is 0. The van der Waals surface area contributed by atoms with Crippen LogP contribution in [0.4, 0.5) is 11.8 Å². The Hall–Kier alpha value is -2.67. The van der Waals surface area contributed by atoms with Gasteiger partial charge < -0.3 is 19.5 Å². The molecule has 7 heteroatoms. The number of fused-ring (bicyclic) bond motifs is 1. The number of ether oxygens (including phenoxy) is 1. The first-order valence-electron chi connectivity index (χ1n) is 9.57. The van der Waals surface area contributed by atoms with E-state index >= 15 is 0 Å². The Bertz CT molecular complexity index is 886. The van der Waals surface area contributed by atoms with E-state index in [1.54, 1.807) is 0 Å². The predicted octanol–water partition coefficient (Wildman–Crippen LogP) is 2.90. The van der Waals surface area contributed by atoms with E-state index < -0.39 is 0 Å². The summed E-state index contributed by atoms with van der Waals surface area (Å²) in [5, 5.41) is 3.40. The van der Waals surface area contributed by atoms with E-state index in [-0.39, 0.29) is 0 Å². The average Bonchev–Trinajstić information content (AvgIpc) is 3.13. The molecule has 0 amide bonds. The third-order valence-electron chi connectivity index (χ3n) is 4.81. The highest BCUT2D eigenvalue weighted by Gasteiger charge is 2.21. The summed E-state index contributed by atoms with van der Waals surface area (Å²) in [5.41, 5.74) is 3.04. The predicted molar refractivity (Wildman–Crippen MR) is 107 cm³/mol. The molecule has 1 aliphatic heterocycles. The normalized spacial score (nSPS) is 14.9. The molecule has 3 aromatic rings. The van der Waals surface area contributed by atoms with Crippen LogP contribution in [0.2, 0.25) is 0 Å². The number of hydrogen-bond acceptors (Lipinski definition) is 6. The lowest BCUT2D eigenvalue weighted by Crippen LogP contribution is -2.37. The molecular formula is C20H26N6O. The van der Waals surface area contributed by atoms with Crippen LogP contribution >= 0.6 is 0 Å². The number of nitrogens with one attached hydrogen (secondary N) is 1. The molecule has 3 heterocycles. The van der Waals surface area contributed by atoms with Crippen molar-refractivity contribution < 1.29 is 4.74 Å². The molecule has 4 rings (SSSR count). The van der Waals surface area contributed by atoms with Crippen LogP contribution in [0.3, 0.4) is 0 Å². The van der Waals surface area contributed by atoms with Gasteiger partial charge in [0.1, 0.15) is 0 Å². The second-order valence-electron chi connectivity index (χ2n) is 7.05. The first kappa shape index (κ1) is 17.7. The van der Waals surface area contributed by atoms with Crippen LogP contribution in [0.1, 0.15) is 25.5 Å². The van der Waals surface area contributed by atoms with E-state index in [1.807, 2.05) is 12.4 Å². The van der Waals surface area contributed by atoms with Crippen molar-refractivity contribution >= 4 is 22.9 Å². The van der Waals surface area contributed by atoms with Crippen molar-refractivity contribution in [1.29, 1.82) is 0 Å². The average molecular weight is 366 g/mol. The van der Waals surface area contributed by atoms with Crippen LogP contribution in [-0.2, 0) is 11.2 Å². The zero-order chi connectivity index (χ0) is 18.6. The Labute approximate surface area is 159 Å². The van der Waals surface area contributed by atoms with Crippen LogP contribution < -0.4 is 10.2 Å². The van der Waals surface area contributed by atoms with Gasteiger partial charge in [-0.3, -0.25) is 0 Å². The number of anilines is 2. The maximum absolute atomic E-state index is 5.49. The zero-order valence-corrected chi connectivity index (χ0v) is 15.9. The molecular weight excluding hydrogens is 340 g/mol. The molecule has 1 aromatic carbocycles. The van der Waals surface area contributed by atoms with Gasteiger partial charge in [-0.05, 0) is 25.8 Å². The van der Waals surface area contributed by atoms with Crippen molar-refractivity contribution in [3.63, 3.8) is 0 Å². The van der Waals surface area contributed by atoms with E-state index in [1.165, 1.54) is 5.56 Å². The summed E-state index contributed by atoms with van der Waals surface area (Å²) in [6.45, 7) is 8.14. The van der Waals surface area contributed by atoms with Crippen LogP contribution in [0.25, 0.3) is 11.2 Å². The number of rotatable bonds is 6. The number of morpholine rings is 1. The van der Waals surface area contributed by atoms with Gasteiger partial charge in [-0.1, -0.05) is 30.3 Å². The highest BCUT2D eigenvalue weighted by atomic mass is 16.5. The largest absolute Gasteiger partial charge is 0.378 e. The van der Waals surface area contributed by atoms with Gasteiger partial charge in [0.15, 0.2) is 17.0 Å². The van der Waals surface area contributed by atoms with Crippen molar-refractivity contribution in [3.05, 3.63) is 42.2 Å². The Balaban J connectivity index is 1.62. The summed E-state index contributed by atoms with van der Waals surface area (Å²) in [7, 11) is 0. The number of aromatic nitrogens is 4. The highest BCUT2D eigenvalue weighted by Crippen LogP contribution is 2.26. The van der Waals surface area contributed by atoms with Gasteiger partial charge in [0.05, 0.1) is 19.5 Å². The van der Waals surface area contributed by atoms with E-state index in [4.69, 9.17) is 14.7 Å². The second kappa shape index (κ2) is 7.92. The monoisotopic (exact) mass is 366 g/mol. The highest BCUT2D eigenvalue weighted by molar-refractivity contribution is 5.85. The molecule has 142 valence electrons. The van der Waals surface area contributed by atoms with Crippen molar-refractivity contribution in [2.45, 2.75) is 26.3 Å². The number of hydrogen-bond donors (Lipinski definition) is 1. The minimum atomic E-state index is 0.291. The SMILES string of the molecule is CC(C)n1cnc2c(N3CCOCC3)nc(NCCc3ccccc3)nc21. The van der Waals surface area contributed by atoms with Gasteiger partial charge in [0, 0.05) is 25.7 Å². The lowest BCUT2D eigenvalue weighted by atomic mass is 10.1. The van der Waals surface area contributed by atoms with E-state index in [0.29, 0.717) is 25.2 Å². The van der Waals surface area contributed by atoms with E-state index in [0.717, 1.165) is 43.0 Å². The molecule has 7 nitrogen and oxygen atoms in total. The van der Waals surface area contributed by atoms with Gasteiger partial charge in [-0.2, -0.15) is 9.97 Å². The molecule has 0 saturated carbocycles. The molecule has 1 aliphatic rings. The topological polar surface area (TPSA) is 68.1 Å². The fraction of sp³-hybridized carbons (Fsp3) is 0.450. The lowest BCUT2D eigenvalue weighted by Gasteiger charge is -2.28. The Kier molecular flexibility index (Phi) is 5.20. The standard InChI is InChI=1S/C20H26N6O/c1-15(2)26-14-22-17-18(25-10-12-27-13-11-25)23-20(24-19(17)26)21-9-8-16-6-4-3-5-7-16/h3-7,14-15H,8-13H2,1-2H3,(H,21,23,24). The second-order valence-corrected chi connectivity index (χ2v) is 7.05. The molecule has 0 aliphatic carbocycles. The molecule has 1 fully saturated rings. The third-order valence-corrected chi connectivity index (χ3v) is 4.81. The maximum Gasteiger partial charge on any atom is 0.226 e. The van der Waals surface area contributed by atoms with Crippen molar-refractivity contribution in [3.8, 4) is 0 Å². The van der Waals surface area contributed by atoms with Crippen LogP contribution in [0.15, 0.2) is 36.7 Å². The van der Waals surface area contributed by atoms with E-state index in [2.05, 4.69) is 57.9 Å². The van der Waals surface area contributed by atoms with Crippen LogP contribution in [0.5, 0.6) is 0 Å². The maximum atomic E-state index is 5.49. The van der Waals surface area contributed by atoms with Crippen molar-refractivity contribution in [2.75, 3.05) is 43.1 Å². The summed E-state index contributed by atoms with van der Waals surface area (Å²) in [5.74, 6) is 1.55. The number of imidazole rings is 1. The minimum Gasteiger partial charge on any atom is -0.378 e. The summed E-state index contributed by atoms with van der Waals surface area (Å²) in [4.78, 5) is 16.4. The summed E-state index contributed by atoms with van der Waals surface area (Å²) in [6, 6.07) is 10.7. The Morgan fingerprint density at radius 2 is 1.89 bits per heavy atom. The van der Waals surface area contributed by atoms with Crippen LogP contribution in [-0.4, -0.2) is 52.4 Å². The summed E-state index contributed by atoms with van der Waals surface area (Å²) in [6.07, 6.45) is 2.79. The molecule has 1 saturated heterocycles. The molecule has 0 atom stereocenters. The Morgan fingerprint density at radius 1 is 1.11 bits per heavy atom. The molecule has 27 heavy (non-hydrogen) atoms. The Morgan fingerprint density at radius 3 is 2.63 bits per heavy atom. The third kappa shape index (κ3) is 3.88. The molecule has 0 unspecified atom stereocenters. The fourth-order valence-corrected chi connectivity index (χ4v) is 3.32. The van der Waals surface area contributed by atoms with Crippen molar-refractivity contribution in [1.82, 2.24) is 19.5 Å². The minimum absolute atomic E-state index is 0.291. The fourth-order valence-electron chi connectivity index (χ4n) is 3.32. The van der Waals surface area contributed by atoms with Gasteiger partial charge in [0.25, 0.3) is 0 Å². The number of benzene rings is 1. The quantitative estimate of drug-likeness (QED) is 0.723. The summed E-state index contributed by atoms with van der Waals surface area (Å²) < 4.78 is 7.60. The molecule has 0 spiro atoms. The van der Waals surface area contributed by atoms with Gasteiger partial charge in [-0.25, -0.2) is 4.98 Å².